The van der Waals surface area contributed by atoms with Gasteiger partial charge in [0.25, 0.3) is 0 Å². The zero-order valence-corrected chi connectivity index (χ0v) is 8.76. The molecule has 1 aromatic heterocycles. The van der Waals surface area contributed by atoms with E-state index in [4.69, 9.17) is 23.1 Å². The summed E-state index contributed by atoms with van der Waals surface area (Å²) in [6.07, 6.45) is -3.48. The highest BCUT2D eigenvalue weighted by Crippen LogP contribution is 2.32. The predicted octanol–water partition coefficient (Wildman–Crippen LogP) is 0.829. The van der Waals surface area contributed by atoms with Crippen LogP contribution in [-0.2, 0) is 12.7 Å². The van der Waals surface area contributed by atoms with Crippen LogP contribution in [0.3, 0.4) is 0 Å². The first-order chi connectivity index (χ1) is 7.30. The van der Waals surface area contributed by atoms with Crippen molar-refractivity contribution in [3.05, 3.63) is 16.9 Å². The molecule has 1 heterocycles. The maximum atomic E-state index is 12.3. The topological polar surface area (TPSA) is 82.2 Å². The first kappa shape index (κ1) is 12.6. The summed E-state index contributed by atoms with van der Waals surface area (Å²) in [5.74, 6) is -0.130. The first-order valence-electron chi connectivity index (χ1n) is 4.16. The molecule has 0 aliphatic carbocycles. The fourth-order valence-corrected chi connectivity index (χ4v) is 1.24. The highest BCUT2D eigenvalue weighted by atomic mass is 35.5. The van der Waals surface area contributed by atoms with E-state index in [1.807, 2.05) is 0 Å². The standard InChI is InChI=1S/C7H9ClF3N5/c8-4-3-16(2-1-14-6(12)13)15-5(4)7(9,10)11/h3H,1-2H2,(H4,12,13,14). The van der Waals surface area contributed by atoms with Gasteiger partial charge in [0, 0.05) is 6.20 Å². The summed E-state index contributed by atoms with van der Waals surface area (Å²) in [6.45, 7) is 0.255. The molecule has 0 fully saturated rings. The molecule has 5 nitrogen and oxygen atoms in total. The second-order valence-corrected chi connectivity index (χ2v) is 3.30. The molecule has 0 unspecified atom stereocenters. The summed E-state index contributed by atoms with van der Waals surface area (Å²) in [5.41, 5.74) is 8.99. The van der Waals surface area contributed by atoms with E-state index in [1.54, 1.807) is 0 Å². The van der Waals surface area contributed by atoms with Crippen LogP contribution in [0.1, 0.15) is 5.69 Å². The zero-order valence-electron chi connectivity index (χ0n) is 8.00. The van der Waals surface area contributed by atoms with Crippen molar-refractivity contribution in [2.45, 2.75) is 12.7 Å². The zero-order chi connectivity index (χ0) is 12.3. The van der Waals surface area contributed by atoms with Gasteiger partial charge >= 0.3 is 6.18 Å². The summed E-state index contributed by atoms with van der Waals surface area (Å²) in [4.78, 5) is 3.61. The van der Waals surface area contributed by atoms with E-state index in [9.17, 15) is 13.2 Å². The molecule has 0 aromatic carbocycles. The fourth-order valence-electron chi connectivity index (χ4n) is 0.985. The number of halogens is 4. The van der Waals surface area contributed by atoms with E-state index in [2.05, 4.69) is 10.1 Å². The van der Waals surface area contributed by atoms with Crippen molar-refractivity contribution in [3.63, 3.8) is 0 Å². The minimum absolute atomic E-state index is 0.119. The molecule has 9 heteroatoms. The van der Waals surface area contributed by atoms with Crippen LogP contribution in [0.15, 0.2) is 11.2 Å². The first-order valence-corrected chi connectivity index (χ1v) is 4.54. The number of guanidine groups is 1. The lowest BCUT2D eigenvalue weighted by Crippen LogP contribution is -2.23. The Morgan fingerprint density at radius 2 is 2.12 bits per heavy atom. The van der Waals surface area contributed by atoms with Gasteiger partial charge in [0.15, 0.2) is 11.7 Å². The van der Waals surface area contributed by atoms with E-state index in [0.29, 0.717) is 0 Å². The third kappa shape index (κ3) is 3.30. The van der Waals surface area contributed by atoms with Crippen LogP contribution >= 0.6 is 11.6 Å². The van der Waals surface area contributed by atoms with Crippen LogP contribution in [0.4, 0.5) is 13.2 Å². The number of hydrogen-bond acceptors (Lipinski definition) is 2. The molecule has 0 bridgehead atoms. The average Bonchev–Trinajstić information content (AvgIpc) is 2.45. The van der Waals surface area contributed by atoms with E-state index in [1.165, 1.54) is 0 Å². The molecular weight excluding hydrogens is 247 g/mol. The third-order valence-electron chi connectivity index (χ3n) is 1.61. The predicted molar refractivity (Wildman–Crippen MR) is 52.9 cm³/mol. The number of nitrogens with two attached hydrogens (primary N) is 2. The molecule has 1 rings (SSSR count). The fraction of sp³-hybridized carbons (Fsp3) is 0.429. The number of rotatable bonds is 3. The Morgan fingerprint density at radius 3 is 2.56 bits per heavy atom. The van der Waals surface area contributed by atoms with Gasteiger partial charge in [-0.05, 0) is 0 Å². The van der Waals surface area contributed by atoms with Gasteiger partial charge in [-0.3, -0.25) is 9.67 Å². The highest BCUT2D eigenvalue weighted by Gasteiger charge is 2.36. The number of nitrogens with zero attached hydrogens (tertiary/aromatic N) is 3. The van der Waals surface area contributed by atoms with Gasteiger partial charge in [0.2, 0.25) is 0 Å². The van der Waals surface area contributed by atoms with Gasteiger partial charge in [0.05, 0.1) is 18.1 Å². The maximum absolute atomic E-state index is 12.3. The van der Waals surface area contributed by atoms with Crippen molar-refractivity contribution in [1.82, 2.24) is 9.78 Å². The second kappa shape index (κ2) is 4.60. The van der Waals surface area contributed by atoms with Crippen LogP contribution in [0.5, 0.6) is 0 Å². The van der Waals surface area contributed by atoms with Gasteiger partial charge in [-0.25, -0.2) is 0 Å². The monoisotopic (exact) mass is 255 g/mol. The Bertz CT molecular complexity index is 393. The van der Waals surface area contributed by atoms with E-state index in [0.717, 1.165) is 10.9 Å². The summed E-state index contributed by atoms with van der Waals surface area (Å²) in [5, 5.41) is 2.84. The Labute approximate surface area is 93.9 Å². The van der Waals surface area contributed by atoms with E-state index >= 15 is 0 Å². The van der Waals surface area contributed by atoms with E-state index in [-0.39, 0.29) is 19.0 Å². The lowest BCUT2D eigenvalue weighted by atomic mass is 10.4. The molecule has 0 saturated carbocycles. The summed E-state index contributed by atoms with van der Waals surface area (Å²) >= 11 is 5.38. The minimum atomic E-state index is -4.56. The normalized spacial score (nSPS) is 11.5. The van der Waals surface area contributed by atoms with Gasteiger partial charge in [0.1, 0.15) is 0 Å². The summed E-state index contributed by atoms with van der Waals surface area (Å²) in [6, 6.07) is 0. The molecule has 0 aliphatic rings. The van der Waals surface area contributed by atoms with Crippen LogP contribution in [-0.4, -0.2) is 22.3 Å². The van der Waals surface area contributed by atoms with Crippen molar-refractivity contribution >= 4 is 17.6 Å². The largest absolute Gasteiger partial charge is 0.436 e. The molecule has 0 amide bonds. The smallest absolute Gasteiger partial charge is 0.370 e. The Kier molecular flexibility index (Phi) is 3.63. The SMILES string of the molecule is NC(N)=NCCn1cc(Cl)c(C(F)(F)F)n1. The van der Waals surface area contributed by atoms with Crippen LogP contribution in [0.2, 0.25) is 5.02 Å². The maximum Gasteiger partial charge on any atom is 0.436 e. The molecule has 0 spiro atoms. The average molecular weight is 256 g/mol. The molecular formula is C7H9ClF3N5. The highest BCUT2D eigenvalue weighted by molar-refractivity contribution is 6.31. The lowest BCUT2D eigenvalue weighted by Gasteiger charge is -2.01. The van der Waals surface area contributed by atoms with Crippen molar-refractivity contribution in [1.29, 1.82) is 0 Å². The van der Waals surface area contributed by atoms with Crippen molar-refractivity contribution in [2.24, 2.45) is 16.5 Å². The molecule has 0 saturated heterocycles. The Hall–Kier alpha value is -1.44. The molecule has 4 N–H and O–H groups in total. The lowest BCUT2D eigenvalue weighted by molar-refractivity contribution is -0.141. The number of aliphatic imine (C=N–C) groups is 1. The van der Waals surface area contributed by atoms with Gasteiger partial charge < -0.3 is 11.5 Å². The van der Waals surface area contributed by atoms with Crippen molar-refractivity contribution in [2.75, 3.05) is 6.54 Å². The number of hydrogen-bond donors (Lipinski definition) is 2. The number of alkyl halides is 3. The molecule has 90 valence electrons. The summed E-state index contributed by atoms with van der Waals surface area (Å²) < 4.78 is 37.9. The van der Waals surface area contributed by atoms with Crippen LogP contribution in [0, 0.1) is 0 Å². The molecule has 0 aliphatic heterocycles. The van der Waals surface area contributed by atoms with Gasteiger partial charge in [-0.2, -0.15) is 18.3 Å². The third-order valence-corrected chi connectivity index (χ3v) is 1.89. The molecule has 0 radical (unpaired) electrons. The molecule has 1 aromatic rings. The van der Waals surface area contributed by atoms with Crippen molar-refractivity contribution < 1.29 is 13.2 Å². The van der Waals surface area contributed by atoms with E-state index < -0.39 is 16.9 Å². The van der Waals surface area contributed by atoms with Crippen LogP contribution in [0.25, 0.3) is 0 Å². The quantitative estimate of drug-likeness (QED) is 0.620. The number of aromatic nitrogens is 2. The van der Waals surface area contributed by atoms with Gasteiger partial charge in [-0.1, -0.05) is 11.6 Å². The van der Waals surface area contributed by atoms with Gasteiger partial charge in [-0.15, -0.1) is 0 Å². The summed E-state index contributed by atoms with van der Waals surface area (Å²) in [7, 11) is 0. The minimum Gasteiger partial charge on any atom is -0.370 e. The second-order valence-electron chi connectivity index (χ2n) is 2.89. The Balaban J connectivity index is 2.74. The van der Waals surface area contributed by atoms with Crippen molar-refractivity contribution in [3.8, 4) is 0 Å². The molecule has 16 heavy (non-hydrogen) atoms. The van der Waals surface area contributed by atoms with Crippen LogP contribution < -0.4 is 11.5 Å². The Morgan fingerprint density at radius 1 is 1.50 bits per heavy atom. The molecule has 0 atom stereocenters.